The molecule has 0 unspecified atom stereocenters. The number of methoxy groups -OCH3 is 1. The molecule has 114 valence electrons. The average Bonchev–Trinajstić information content (AvgIpc) is 2.98. The Balaban J connectivity index is 2.20. The molecule has 0 saturated carbocycles. The third-order valence-electron chi connectivity index (χ3n) is 3.67. The summed E-state index contributed by atoms with van der Waals surface area (Å²) in [4.78, 5) is 4.65. The lowest BCUT2D eigenvalue weighted by molar-refractivity contribution is 0.373. The highest BCUT2D eigenvalue weighted by Gasteiger charge is 2.15. The van der Waals surface area contributed by atoms with Gasteiger partial charge in [0.25, 0.3) is 0 Å². The second-order valence-electron chi connectivity index (χ2n) is 5.57. The summed E-state index contributed by atoms with van der Waals surface area (Å²) in [7, 11) is 1.59. The van der Waals surface area contributed by atoms with Crippen molar-refractivity contribution in [3.8, 4) is 17.1 Å². The fourth-order valence-corrected chi connectivity index (χ4v) is 2.66. The van der Waals surface area contributed by atoms with Crippen molar-refractivity contribution in [3.63, 3.8) is 0 Å². The third-order valence-corrected chi connectivity index (χ3v) is 4.04. The SMILES string of the molecule is COc1ccc2c(C)cc(-c3cc(C(C)C)on3)nc2c1Cl. The standard InChI is InChI=1S/C17H17ClN2O2/c1-9(2)15-8-13(20-22-15)12-7-10(3)11-5-6-14(21-4)16(18)17(11)19-12/h5-9H,1-4H3. The van der Waals surface area contributed by atoms with Crippen molar-refractivity contribution in [2.75, 3.05) is 7.11 Å². The molecule has 4 nitrogen and oxygen atoms in total. The molecule has 0 aliphatic rings. The second-order valence-corrected chi connectivity index (χ2v) is 5.95. The Morgan fingerprint density at radius 1 is 1.18 bits per heavy atom. The van der Waals surface area contributed by atoms with Gasteiger partial charge >= 0.3 is 0 Å². The zero-order chi connectivity index (χ0) is 15.9. The van der Waals surface area contributed by atoms with Gasteiger partial charge in [0.15, 0.2) is 0 Å². The number of fused-ring (bicyclic) bond motifs is 1. The van der Waals surface area contributed by atoms with E-state index >= 15 is 0 Å². The summed E-state index contributed by atoms with van der Waals surface area (Å²) in [6.07, 6.45) is 0. The minimum atomic E-state index is 0.284. The van der Waals surface area contributed by atoms with E-state index in [0.29, 0.717) is 22.0 Å². The van der Waals surface area contributed by atoms with Gasteiger partial charge in [-0.3, -0.25) is 0 Å². The highest BCUT2D eigenvalue weighted by Crippen LogP contribution is 2.34. The maximum Gasteiger partial charge on any atom is 0.139 e. The van der Waals surface area contributed by atoms with Crippen LogP contribution in [0, 0.1) is 6.92 Å². The van der Waals surface area contributed by atoms with Crippen molar-refractivity contribution in [1.29, 1.82) is 0 Å². The van der Waals surface area contributed by atoms with E-state index in [9.17, 15) is 0 Å². The minimum Gasteiger partial charge on any atom is -0.495 e. The van der Waals surface area contributed by atoms with Crippen molar-refractivity contribution >= 4 is 22.5 Å². The number of aryl methyl sites for hydroxylation is 1. The summed E-state index contributed by atoms with van der Waals surface area (Å²) in [6.45, 7) is 6.15. The van der Waals surface area contributed by atoms with Crippen molar-refractivity contribution in [2.45, 2.75) is 26.7 Å². The molecule has 3 rings (SSSR count). The van der Waals surface area contributed by atoms with Crippen molar-refractivity contribution in [2.24, 2.45) is 0 Å². The van der Waals surface area contributed by atoms with E-state index in [1.807, 2.05) is 31.2 Å². The highest BCUT2D eigenvalue weighted by atomic mass is 35.5. The van der Waals surface area contributed by atoms with Crippen LogP contribution in [0.15, 0.2) is 28.8 Å². The number of benzene rings is 1. The number of pyridine rings is 1. The van der Waals surface area contributed by atoms with Crippen LogP contribution in [-0.4, -0.2) is 17.3 Å². The average molecular weight is 317 g/mol. The largest absolute Gasteiger partial charge is 0.495 e. The Labute approximate surface area is 134 Å². The maximum atomic E-state index is 6.40. The summed E-state index contributed by atoms with van der Waals surface area (Å²) in [5.41, 5.74) is 3.26. The maximum absolute atomic E-state index is 6.40. The Bertz CT molecular complexity index is 840. The van der Waals surface area contributed by atoms with E-state index in [1.54, 1.807) is 7.11 Å². The van der Waals surface area contributed by atoms with Crippen LogP contribution in [0.5, 0.6) is 5.75 Å². The number of aromatic nitrogens is 2. The predicted molar refractivity (Wildman–Crippen MR) is 87.6 cm³/mol. The van der Waals surface area contributed by atoms with Gasteiger partial charge in [0, 0.05) is 17.4 Å². The first kappa shape index (κ1) is 14.9. The zero-order valence-electron chi connectivity index (χ0n) is 13.0. The molecule has 2 aromatic heterocycles. The van der Waals surface area contributed by atoms with Crippen LogP contribution in [0.3, 0.4) is 0 Å². The van der Waals surface area contributed by atoms with Gasteiger partial charge in [-0.2, -0.15) is 0 Å². The summed E-state index contributed by atoms with van der Waals surface area (Å²) in [5, 5.41) is 5.63. The Morgan fingerprint density at radius 2 is 1.95 bits per heavy atom. The fraction of sp³-hybridized carbons (Fsp3) is 0.294. The molecule has 5 heteroatoms. The van der Waals surface area contributed by atoms with Crippen LogP contribution in [0.4, 0.5) is 0 Å². The smallest absolute Gasteiger partial charge is 0.139 e. The molecular weight excluding hydrogens is 300 g/mol. The first-order valence-corrected chi connectivity index (χ1v) is 7.50. The molecule has 0 atom stereocenters. The lowest BCUT2D eigenvalue weighted by Gasteiger charge is -2.09. The molecule has 3 aromatic rings. The molecular formula is C17H17ClN2O2. The van der Waals surface area contributed by atoms with Crippen LogP contribution in [0.2, 0.25) is 5.02 Å². The molecule has 22 heavy (non-hydrogen) atoms. The molecule has 2 heterocycles. The van der Waals surface area contributed by atoms with E-state index in [4.69, 9.17) is 20.9 Å². The Kier molecular flexibility index (Phi) is 3.79. The van der Waals surface area contributed by atoms with E-state index < -0.39 is 0 Å². The molecule has 0 aliphatic heterocycles. The second kappa shape index (κ2) is 5.61. The van der Waals surface area contributed by atoms with Crippen LogP contribution in [0.25, 0.3) is 22.3 Å². The van der Waals surface area contributed by atoms with Gasteiger partial charge in [-0.25, -0.2) is 4.98 Å². The normalized spacial score (nSPS) is 11.4. The minimum absolute atomic E-state index is 0.284. The Hall–Kier alpha value is -2.07. The Morgan fingerprint density at radius 3 is 2.59 bits per heavy atom. The van der Waals surface area contributed by atoms with Gasteiger partial charge in [-0.1, -0.05) is 30.6 Å². The molecule has 0 spiro atoms. The molecule has 0 saturated heterocycles. The van der Waals surface area contributed by atoms with Gasteiger partial charge in [0.1, 0.15) is 22.2 Å². The topological polar surface area (TPSA) is 48.2 Å². The van der Waals surface area contributed by atoms with Crippen molar-refractivity contribution in [3.05, 3.63) is 40.6 Å². The van der Waals surface area contributed by atoms with E-state index in [0.717, 1.165) is 22.4 Å². The number of hydrogen-bond acceptors (Lipinski definition) is 4. The molecule has 0 N–H and O–H groups in total. The zero-order valence-corrected chi connectivity index (χ0v) is 13.7. The third kappa shape index (κ3) is 2.44. The number of halogens is 1. The summed E-state index contributed by atoms with van der Waals surface area (Å²) >= 11 is 6.40. The highest BCUT2D eigenvalue weighted by molar-refractivity contribution is 6.36. The number of ether oxygens (including phenoxy) is 1. The number of hydrogen-bond donors (Lipinski definition) is 0. The van der Waals surface area contributed by atoms with Crippen LogP contribution >= 0.6 is 11.6 Å². The van der Waals surface area contributed by atoms with Crippen LogP contribution in [-0.2, 0) is 0 Å². The summed E-state index contributed by atoms with van der Waals surface area (Å²) in [5.74, 6) is 1.74. The lowest BCUT2D eigenvalue weighted by atomic mass is 10.1. The molecule has 0 aliphatic carbocycles. The quantitative estimate of drug-likeness (QED) is 0.683. The number of rotatable bonds is 3. The molecule has 0 radical (unpaired) electrons. The molecule has 0 amide bonds. The monoisotopic (exact) mass is 316 g/mol. The summed E-state index contributed by atoms with van der Waals surface area (Å²) < 4.78 is 10.6. The first-order chi connectivity index (χ1) is 10.5. The van der Waals surface area contributed by atoms with Crippen molar-refractivity contribution in [1.82, 2.24) is 10.1 Å². The van der Waals surface area contributed by atoms with E-state index in [-0.39, 0.29) is 5.92 Å². The molecule has 0 fully saturated rings. The van der Waals surface area contributed by atoms with E-state index in [2.05, 4.69) is 24.0 Å². The number of nitrogens with zero attached hydrogens (tertiary/aromatic N) is 2. The van der Waals surface area contributed by atoms with Crippen molar-refractivity contribution < 1.29 is 9.26 Å². The summed E-state index contributed by atoms with van der Waals surface area (Å²) in [6, 6.07) is 7.74. The van der Waals surface area contributed by atoms with Gasteiger partial charge in [0.2, 0.25) is 0 Å². The van der Waals surface area contributed by atoms with E-state index in [1.165, 1.54) is 0 Å². The first-order valence-electron chi connectivity index (χ1n) is 7.12. The van der Waals surface area contributed by atoms with Gasteiger partial charge in [-0.05, 0) is 30.7 Å². The fourth-order valence-electron chi connectivity index (χ4n) is 2.38. The molecule has 0 bridgehead atoms. The van der Waals surface area contributed by atoms with Crippen LogP contribution < -0.4 is 4.74 Å². The van der Waals surface area contributed by atoms with Crippen LogP contribution in [0.1, 0.15) is 31.1 Å². The predicted octanol–water partition coefficient (Wildman–Crippen LogP) is 4.98. The van der Waals surface area contributed by atoms with Gasteiger partial charge in [0.05, 0.1) is 18.3 Å². The van der Waals surface area contributed by atoms with Gasteiger partial charge < -0.3 is 9.26 Å². The lowest BCUT2D eigenvalue weighted by Crippen LogP contribution is -1.92. The molecule has 1 aromatic carbocycles. The van der Waals surface area contributed by atoms with Gasteiger partial charge in [-0.15, -0.1) is 0 Å².